The van der Waals surface area contributed by atoms with E-state index < -0.39 is 11.2 Å². The zero-order valence-electron chi connectivity index (χ0n) is 14.8. The van der Waals surface area contributed by atoms with Crippen molar-refractivity contribution in [1.29, 1.82) is 0 Å². The molecule has 140 valence electrons. The number of H-pyrrole nitrogens is 1. The molecule has 1 aliphatic carbocycles. The Kier molecular flexibility index (Phi) is 4.20. The third kappa shape index (κ3) is 3.32. The molecule has 3 fully saturated rings. The van der Waals surface area contributed by atoms with E-state index in [2.05, 4.69) is 4.98 Å². The van der Waals surface area contributed by atoms with Gasteiger partial charge in [-0.25, -0.2) is 4.79 Å². The number of rotatable bonds is 3. The standard InChI is InChI=1S/C18H24N4O4/c23-14-5-9-20(17(26)19-14)10-16(25)21-8-1-6-18(11-21)7-4-15(24)22(12-18)13-2-3-13/h5,9,13H,1-4,6-8,10-12H2,(H,19,23,26)/t18-/m1/s1. The molecule has 1 aromatic rings. The minimum Gasteiger partial charge on any atom is -0.341 e. The van der Waals surface area contributed by atoms with Crippen molar-refractivity contribution in [2.45, 2.75) is 51.1 Å². The van der Waals surface area contributed by atoms with Crippen molar-refractivity contribution < 1.29 is 9.59 Å². The fraction of sp³-hybridized carbons (Fsp3) is 0.667. The number of nitrogens with one attached hydrogen (secondary N) is 1. The molecule has 2 saturated heterocycles. The van der Waals surface area contributed by atoms with E-state index in [1.165, 1.54) is 16.8 Å². The van der Waals surface area contributed by atoms with Gasteiger partial charge in [0, 0.05) is 49.8 Å². The predicted molar refractivity (Wildman–Crippen MR) is 93.5 cm³/mol. The van der Waals surface area contributed by atoms with Crippen LogP contribution in [0.5, 0.6) is 0 Å². The lowest BCUT2D eigenvalue weighted by molar-refractivity contribution is -0.143. The molecule has 8 heteroatoms. The first-order valence-electron chi connectivity index (χ1n) is 9.33. The zero-order chi connectivity index (χ0) is 18.3. The molecule has 8 nitrogen and oxygen atoms in total. The number of piperidine rings is 2. The van der Waals surface area contributed by atoms with Gasteiger partial charge in [0.2, 0.25) is 11.8 Å². The summed E-state index contributed by atoms with van der Waals surface area (Å²) < 4.78 is 1.23. The molecule has 0 radical (unpaired) electrons. The summed E-state index contributed by atoms with van der Waals surface area (Å²) in [6.07, 6.45) is 6.90. The van der Waals surface area contributed by atoms with Gasteiger partial charge in [0.05, 0.1) is 0 Å². The molecule has 2 amide bonds. The maximum atomic E-state index is 12.7. The van der Waals surface area contributed by atoms with Crippen LogP contribution in [0.2, 0.25) is 0 Å². The largest absolute Gasteiger partial charge is 0.341 e. The van der Waals surface area contributed by atoms with E-state index in [1.54, 1.807) is 0 Å². The first kappa shape index (κ1) is 17.1. The molecule has 3 heterocycles. The van der Waals surface area contributed by atoms with Crippen molar-refractivity contribution in [3.63, 3.8) is 0 Å². The molecule has 1 N–H and O–H groups in total. The molecule has 3 aliphatic rings. The lowest BCUT2D eigenvalue weighted by Crippen LogP contribution is -2.56. The van der Waals surface area contributed by atoms with Gasteiger partial charge in [-0.1, -0.05) is 0 Å². The summed E-state index contributed by atoms with van der Waals surface area (Å²) >= 11 is 0. The van der Waals surface area contributed by atoms with E-state index in [0.717, 1.165) is 38.6 Å². The van der Waals surface area contributed by atoms with Gasteiger partial charge < -0.3 is 9.80 Å². The van der Waals surface area contributed by atoms with Gasteiger partial charge in [-0.15, -0.1) is 0 Å². The Morgan fingerprint density at radius 3 is 2.73 bits per heavy atom. The summed E-state index contributed by atoms with van der Waals surface area (Å²) in [5.74, 6) is 0.134. The molecular weight excluding hydrogens is 336 g/mol. The number of carbonyl (C=O) groups is 2. The molecule has 1 spiro atoms. The SMILES string of the molecule is O=C(Cn1ccc(=O)[nH]c1=O)N1CCC[C@@]2(CCC(=O)N(C3CC3)C2)C1. The lowest BCUT2D eigenvalue weighted by Gasteiger charge is -2.48. The number of carbonyl (C=O) groups excluding carboxylic acids is 2. The highest BCUT2D eigenvalue weighted by atomic mass is 16.2. The van der Waals surface area contributed by atoms with Crippen molar-refractivity contribution in [2.75, 3.05) is 19.6 Å². The van der Waals surface area contributed by atoms with Gasteiger partial charge in [0.1, 0.15) is 6.54 Å². The summed E-state index contributed by atoms with van der Waals surface area (Å²) in [4.78, 5) is 53.9. The van der Waals surface area contributed by atoms with E-state index in [0.29, 0.717) is 25.6 Å². The maximum absolute atomic E-state index is 12.7. The van der Waals surface area contributed by atoms with Crippen LogP contribution in [0.25, 0.3) is 0 Å². The molecule has 4 rings (SSSR count). The van der Waals surface area contributed by atoms with Gasteiger partial charge in [-0.3, -0.25) is 23.9 Å². The average Bonchev–Trinajstić information content (AvgIpc) is 3.45. The van der Waals surface area contributed by atoms with Gasteiger partial charge in [-0.05, 0) is 32.1 Å². The number of nitrogens with zero attached hydrogens (tertiary/aromatic N) is 3. The molecule has 0 aromatic carbocycles. The second-order valence-corrected chi connectivity index (χ2v) is 7.91. The van der Waals surface area contributed by atoms with Gasteiger partial charge in [-0.2, -0.15) is 0 Å². The van der Waals surface area contributed by atoms with Crippen LogP contribution in [-0.4, -0.2) is 56.8 Å². The number of likely N-dealkylation sites (tertiary alicyclic amines) is 2. The first-order chi connectivity index (χ1) is 12.5. The van der Waals surface area contributed by atoms with Crippen molar-refractivity contribution in [1.82, 2.24) is 19.4 Å². The summed E-state index contributed by atoms with van der Waals surface area (Å²) in [6.45, 7) is 1.99. The summed E-state index contributed by atoms with van der Waals surface area (Å²) in [5.41, 5.74) is -1.05. The normalized spacial score (nSPS) is 26.4. The summed E-state index contributed by atoms with van der Waals surface area (Å²) in [7, 11) is 0. The van der Waals surface area contributed by atoms with Gasteiger partial charge >= 0.3 is 5.69 Å². The molecule has 26 heavy (non-hydrogen) atoms. The minimum absolute atomic E-state index is 0.0135. The van der Waals surface area contributed by atoms with E-state index in [9.17, 15) is 19.2 Å². The van der Waals surface area contributed by atoms with Crippen LogP contribution in [0.3, 0.4) is 0 Å². The Morgan fingerprint density at radius 1 is 1.19 bits per heavy atom. The van der Waals surface area contributed by atoms with Crippen molar-refractivity contribution >= 4 is 11.8 Å². The van der Waals surface area contributed by atoms with Crippen LogP contribution in [0, 0.1) is 5.41 Å². The van der Waals surface area contributed by atoms with Crippen LogP contribution in [0.15, 0.2) is 21.9 Å². The van der Waals surface area contributed by atoms with Crippen molar-refractivity contribution in [3.8, 4) is 0 Å². The Balaban J connectivity index is 1.46. The highest BCUT2D eigenvalue weighted by Gasteiger charge is 2.46. The molecule has 2 aliphatic heterocycles. The fourth-order valence-corrected chi connectivity index (χ4v) is 4.33. The van der Waals surface area contributed by atoms with Crippen molar-refractivity contribution in [2.24, 2.45) is 5.41 Å². The van der Waals surface area contributed by atoms with E-state index in [1.807, 2.05) is 9.80 Å². The van der Waals surface area contributed by atoms with Crippen LogP contribution in [0.1, 0.15) is 38.5 Å². The molecule has 1 saturated carbocycles. The van der Waals surface area contributed by atoms with Crippen LogP contribution < -0.4 is 11.2 Å². The average molecular weight is 360 g/mol. The number of aromatic amines is 1. The quantitative estimate of drug-likeness (QED) is 0.816. The zero-order valence-corrected chi connectivity index (χ0v) is 14.8. The molecular formula is C18H24N4O4. The topological polar surface area (TPSA) is 95.5 Å². The van der Waals surface area contributed by atoms with Gasteiger partial charge in [0.25, 0.3) is 5.56 Å². The predicted octanol–water partition coefficient (Wildman–Crippen LogP) is -0.0698. The van der Waals surface area contributed by atoms with Crippen LogP contribution in [0.4, 0.5) is 0 Å². The Hall–Kier alpha value is -2.38. The number of hydrogen-bond acceptors (Lipinski definition) is 4. The minimum atomic E-state index is -0.569. The second kappa shape index (κ2) is 6.41. The van der Waals surface area contributed by atoms with E-state index in [4.69, 9.17) is 0 Å². The highest BCUT2D eigenvalue weighted by Crippen LogP contribution is 2.42. The summed E-state index contributed by atoms with van der Waals surface area (Å²) in [6, 6.07) is 1.65. The number of amides is 2. The Morgan fingerprint density at radius 2 is 2.00 bits per heavy atom. The second-order valence-electron chi connectivity index (χ2n) is 7.91. The van der Waals surface area contributed by atoms with Crippen LogP contribution >= 0.6 is 0 Å². The number of hydrogen-bond donors (Lipinski definition) is 1. The number of aromatic nitrogens is 2. The smallest absolute Gasteiger partial charge is 0.328 e. The first-order valence-corrected chi connectivity index (χ1v) is 9.33. The monoisotopic (exact) mass is 360 g/mol. The lowest BCUT2D eigenvalue weighted by atomic mass is 9.73. The summed E-state index contributed by atoms with van der Waals surface area (Å²) in [5, 5.41) is 0. The van der Waals surface area contributed by atoms with Crippen LogP contribution in [-0.2, 0) is 16.1 Å². The van der Waals surface area contributed by atoms with Crippen molar-refractivity contribution in [3.05, 3.63) is 33.1 Å². The van der Waals surface area contributed by atoms with E-state index >= 15 is 0 Å². The van der Waals surface area contributed by atoms with E-state index in [-0.39, 0.29) is 23.8 Å². The molecule has 1 atom stereocenters. The third-order valence-corrected chi connectivity index (χ3v) is 5.90. The third-order valence-electron chi connectivity index (χ3n) is 5.90. The Bertz CT molecular complexity index is 840. The molecule has 1 aromatic heterocycles. The fourth-order valence-electron chi connectivity index (χ4n) is 4.33. The highest BCUT2D eigenvalue weighted by molar-refractivity contribution is 5.78. The Labute approximate surface area is 150 Å². The molecule has 0 bridgehead atoms. The maximum Gasteiger partial charge on any atom is 0.328 e. The van der Waals surface area contributed by atoms with Gasteiger partial charge in [0.15, 0.2) is 0 Å². The molecule has 0 unspecified atom stereocenters.